The molecule has 2 aromatic carbocycles. The van der Waals surface area contributed by atoms with Crippen LogP contribution in [-0.2, 0) is 29.0 Å². The molecular weight excluding hydrogens is 304 g/mol. The van der Waals surface area contributed by atoms with E-state index in [1.807, 2.05) is 60.7 Å². The maximum absolute atomic E-state index is 9.42. The van der Waals surface area contributed by atoms with Crippen LogP contribution in [0.4, 0.5) is 0 Å². The van der Waals surface area contributed by atoms with Gasteiger partial charge in [-0.05, 0) is 0 Å². The van der Waals surface area contributed by atoms with Gasteiger partial charge in [0.05, 0.1) is 0 Å². The Balaban J connectivity index is 0.000000229. The van der Waals surface area contributed by atoms with Crippen molar-refractivity contribution in [2.75, 3.05) is 0 Å². The summed E-state index contributed by atoms with van der Waals surface area (Å²) in [5.41, 5.74) is 0. The molecule has 0 fully saturated rings. The van der Waals surface area contributed by atoms with Crippen molar-refractivity contribution in [1.29, 1.82) is 0 Å². The van der Waals surface area contributed by atoms with E-state index in [0.717, 1.165) is 0 Å². The summed E-state index contributed by atoms with van der Waals surface area (Å²) in [6, 6.07) is 20.0. The van der Waals surface area contributed by atoms with Crippen molar-refractivity contribution < 1.29 is 28.5 Å². The van der Waals surface area contributed by atoms with Crippen LogP contribution >= 0.6 is 0 Å². The minimum atomic E-state index is -2.46. The van der Waals surface area contributed by atoms with E-state index in [9.17, 15) is 16.8 Å². The van der Waals surface area contributed by atoms with Gasteiger partial charge in [-0.25, -0.2) is 24.3 Å². The van der Waals surface area contributed by atoms with Crippen molar-refractivity contribution in [2.24, 2.45) is 0 Å². The van der Waals surface area contributed by atoms with Gasteiger partial charge < -0.3 is 0 Å². The monoisotopic (exact) mass is 314 g/mol. The molecule has 0 bridgehead atoms. The fraction of sp³-hybridized carbons (Fsp3) is 0. The molecule has 0 saturated heterocycles. The predicted molar refractivity (Wildman–Crippen MR) is 61.9 cm³/mol. The first-order valence-corrected chi connectivity index (χ1v) is 8.90. The van der Waals surface area contributed by atoms with E-state index in [4.69, 9.17) is 0 Å². The van der Waals surface area contributed by atoms with Crippen LogP contribution in [0.25, 0.3) is 0 Å². The molecule has 0 amide bonds. The van der Waals surface area contributed by atoms with Crippen molar-refractivity contribution in [3.63, 3.8) is 0 Å². The van der Waals surface area contributed by atoms with Gasteiger partial charge in [0.25, 0.3) is 0 Å². The second kappa shape index (κ2) is 11.3. The van der Waals surface area contributed by atoms with E-state index in [2.05, 4.69) is 0 Å². The second-order valence-electron chi connectivity index (χ2n) is 2.36. The minimum Gasteiger partial charge on any atom is -0.214 e. The normalized spacial score (nSPS) is 7.76. The molecule has 7 heteroatoms. The maximum atomic E-state index is 9.42. The largest absolute Gasteiger partial charge is 0.214 e. The van der Waals surface area contributed by atoms with E-state index in [0.29, 0.717) is 0 Å². The molecule has 0 spiro atoms. The van der Waals surface area contributed by atoms with E-state index >= 15 is 0 Å². The van der Waals surface area contributed by atoms with Crippen LogP contribution in [0.3, 0.4) is 0 Å². The summed E-state index contributed by atoms with van der Waals surface area (Å²) in [5.74, 6) is 0. The zero-order valence-electron chi connectivity index (χ0n) is 8.58. The van der Waals surface area contributed by atoms with Gasteiger partial charge in [0.1, 0.15) is 0 Å². The van der Waals surface area contributed by atoms with Gasteiger partial charge in [-0.15, -0.1) is 0 Å². The zero-order chi connectivity index (χ0) is 12.9. The summed E-state index contributed by atoms with van der Waals surface area (Å²) in [6.45, 7) is 0. The average Bonchev–Trinajstić information content (AvgIpc) is 2.96. The first kappa shape index (κ1) is 15.9. The van der Waals surface area contributed by atoms with Crippen molar-refractivity contribution in [3.05, 3.63) is 60.7 Å². The summed E-state index contributed by atoms with van der Waals surface area (Å²) in [7, 11) is -4.92. The number of rotatable bonds is 0. The molecule has 0 atom stereocenters. The molecule has 0 heterocycles. The van der Waals surface area contributed by atoms with Crippen LogP contribution in [0.15, 0.2) is 60.7 Å². The third kappa shape index (κ3) is 14.9. The molecule has 17 heavy (non-hydrogen) atoms. The van der Waals surface area contributed by atoms with Crippen LogP contribution in [0.2, 0.25) is 0 Å². The summed E-state index contributed by atoms with van der Waals surface area (Å²) in [6.07, 6.45) is 0. The number of hydrogen-bond acceptors (Lipinski definition) is 4. The fourth-order valence-corrected chi connectivity index (χ4v) is 2.10. The Bertz CT molecular complexity index is 525. The SMILES string of the molecule is O=[S](=O)=[Fe+2]=[S](=O)=O.c1cc[cH-]c1.c1cc[cH-]c1. The maximum Gasteiger partial charge on any atom is -0.172 e. The molecule has 4 nitrogen and oxygen atoms in total. The van der Waals surface area contributed by atoms with Gasteiger partial charge >= 0.3 is 45.8 Å². The Labute approximate surface area is 106 Å². The summed E-state index contributed by atoms with van der Waals surface area (Å²) < 4.78 is 37.7. The topological polar surface area (TPSA) is 68.3 Å². The Kier molecular flexibility index (Phi) is 10.6. The zero-order valence-corrected chi connectivity index (χ0v) is 11.3. The van der Waals surface area contributed by atoms with Crippen LogP contribution in [0.1, 0.15) is 0 Å². The third-order valence-corrected chi connectivity index (χ3v) is 4.68. The average molecular weight is 314 g/mol. The molecule has 0 unspecified atom stereocenters. The summed E-state index contributed by atoms with van der Waals surface area (Å²) in [5, 5.41) is 0. The van der Waals surface area contributed by atoms with Crippen molar-refractivity contribution in [2.45, 2.75) is 0 Å². The summed E-state index contributed by atoms with van der Waals surface area (Å²) in [4.78, 5) is 0. The van der Waals surface area contributed by atoms with E-state index < -0.39 is 29.0 Å². The molecule has 94 valence electrons. The molecule has 0 aliphatic heterocycles. The molecule has 0 aliphatic rings. The standard InChI is InChI=1S/2C5H5.Fe.2O2S/c2*1-2-4-5-3-1;;2*1-3-2/h2*1-5H;;;/q2*-1;+2;;. The van der Waals surface area contributed by atoms with Gasteiger partial charge in [-0.3, -0.25) is 0 Å². The Morgan fingerprint density at radius 2 is 0.941 bits per heavy atom. The molecule has 0 aliphatic carbocycles. The van der Waals surface area contributed by atoms with Crippen molar-refractivity contribution in [3.8, 4) is 0 Å². The summed E-state index contributed by atoms with van der Waals surface area (Å²) >= 11 is -0.806. The molecule has 0 saturated carbocycles. The third-order valence-electron chi connectivity index (χ3n) is 1.21. The smallest absolute Gasteiger partial charge is 0.172 e. The van der Waals surface area contributed by atoms with Crippen molar-refractivity contribution >= 4 is 17.3 Å². The van der Waals surface area contributed by atoms with Crippen LogP contribution in [0, 0.1) is 0 Å². The molecule has 0 aromatic heterocycles. The molecule has 0 N–H and O–H groups in total. The van der Waals surface area contributed by atoms with E-state index in [1.165, 1.54) is 0 Å². The first-order chi connectivity index (χ1) is 8.13. The number of hydrogen-bond donors (Lipinski definition) is 0. The quantitative estimate of drug-likeness (QED) is 0.545. The first-order valence-electron chi connectivity index (χ1n) is 4.29. The van der Waals surface area contributed by atoms with Crippen LogP contribution < -0.4 is 0 Å². The van der Waals surface area contributed by atoms with Gasteiger partial charge in [-0.1, -0.05) is 0 Å². The van der Waals surface area contributed by atoms with Crippen LogP contribution in [-0.4, -0.2) is 16.8 Å². The van der Waals surface area contributed by atoms with Gasteiger partial charge in [0, 0.05) is 0 Å². The minimum absolute atomic E-state index is 0.806. The fourth-order valence-electron chi connectivity index (χ4n) is 0.681. The van der Waals surface area contributed by atoms with Crippen molar-refractivity contribution in [1.82, 2.24) is 0 Å². The Hall–Kier alpha value is -1.14. The van der Waals surface area contributed by atoms with E-state index in [1.54, 1.807) is 0 Å². The van der Waals surface area contributed by atoms with Gasteiger partial charge in [0.15, 0.2) is 0 Å². The molecule has 2 rings (SSSR count). The Morgan fingerprint density at radius 3 is 1.00 bits per heavy atom. The van der Waals surface area contributed by atoms with E-state index in [-0.39, 0.29) is 0 Å². The molecular formula is C10H10FeO4S2. The van der Waals surface area contributed by atoms with Gasteiger partial charge in [-0.2, -0.15) is 36.4 Å². The predicted octanol–water partition coefficient (Wildman–Crippen LogP) is 1.47. The Morgan fingerprint density at radius 1 is 0.647 bits per heavy atom. The van der Waals surface area contributed by atoms with Gasteiger partial charge in [0.2, 0.25) is 0 Å². The van der Waals surface area contributed by atoms with Crippen LogP contribution in [0.5, 0.6) is 0 Å². The molecule has 0 radical (unpaired) electrons. The molecule has 2 aromatic rings. The second-order valence-corrected chi connectivity index (χ2v) is 7.43.